The lowest BCUT2D eigenvalue weighted by atomic mass is 10.1. The quantitative estimate of drug-likeness (QED) is 0.706. The van der Waals surface area contributed by atoms with Crippen LogP contribution < -0.4 is 9.47 Å². The summed E-state index contributed by atoms with van der Waals surface area (Å²) in [6, 6.07) is 5.72. The maximum absolute atomic E-state index is 5.74. The van der Waals surface area contributed by atoms with Crippen LogP contribution in [0.2, 0.25) is 0 Å². The Balaban J connectivity index is 2.65. The van der Waals surface area contributed by atoms with Crippen LogP contribution in [0.4, 0.5) is 0 Å². The fraction of sp³-hybridized carbons (Fsp3) is 0.533. The van der Waals surface area contributed by atoms with E-state index in [1.807, 2.05) is 18.2 Å². The van der Waals surface area contributed by atoms with E-state index in [9.17, 15) is 0 Å². The van der Waals surface area contributed by atoms with Crippen molar-refractivity contribution >= 4 is 0 Å². The molecule has 0 heterocycles. The zero-order valence-corrected chi connectivity index (χ0v) is 11.6. The predicted molar refractivity (Wildman–Crippen MR) is 73.0 cm³/mol. The molecule has 0 bridgehead atoms. The molecule has 0 saturated carbocycles. The van der Waals surface area contributed by atoms with Gasteiger partial charge in [0, 0.05) is 0 Å². The Morgan fingerprint density at radius 2 is 1.78 bits per heavy atom. The Morgan fingerprint density at radius 1 is 1.17 bits per heavy atom. The van der Waals surface area contributed by atoms with Crippen LogP contribution in [0.5, 0.6) is 11.5 Å². The third kappa shape index (κ3) is 4.22. The maximum Gasteiger partial charge on any atom is 0.128 e. The van der Waals surface area contributed by atoms with Crippen molar-refractivity contribution in [1.82, 2.24) is 0 Å². The van der Waals surface area contributed by atoms with Crippen LogP contribution in [0.15, 0.2) is 18.2 Å². The molecule has 0 aromatic heterocycles. The fourth-order valence-corrected chi connectivity index (χ4v) is 1.79. The lowest BCUT2D eigenvalue weighted by Crippen LogP contribution is -2.09. The van der Waals surface area contributed by atoms with E-state index in [1.165, 1.54) is 0 Å². The van der Waals surface area contributed by atoms with Crippen molar-refractivity contribution in [2.24, 2.45) is 0 Å². The number of benzene rings is 1. The zero-order valence-electron chi connectivity index (χ0n) is 11.6. The van der Waals surface area contributed by atoms with E-state index in [4.69, 9.17) is 14.2 Å². The van der Waals surface area contributed by atoms with Crippen molar-refractivity contribution < 1.29 is 14.2 Å². The van der Waals surface area contributed by atoms with Crippen LogP contribution in [0.1, 0.15) is 31.7 Å². The first-order valence-corrected chi connectivity index (χ1v) is 6.37. The molecule has 3 heteroatoms. The van der Waals surface area contributed by atoms with Gasteiger partial charge in [-0.25, -0.2) is 0 Å². The van der Waals surface area contributed by atoms with E-state index < -0.39 is 0 Å². The van der Waals surface area contributed by atoms with Crippen molar-refractivity contribution in [3.63, 3.8) is 0 Å². The lowest BCUT2D eigenvalue weighted by Gasteiger charge is -2.16. The molecule has 0 saturated heterocycles. The molecule has 0 spiro atoms. The van der Waals surface area contributed by atoms with Gasteiger partial charge < -0.3 is 14.2 Å². The van der Waals surface area contributed by atoms with Gasteiger partial charge in [-0.1, -0.05) is 25.8 Å². The fourth-order valence-electron chi connectivity index (χ4n) is 1.79. The third-order valence-electron chi connectivity index (χ3n) is 2.87. The van der Waals surface area contributed by atoms with Gasteiger partial charge in [0.15, 0.2) is 0 Å². The number of rotatable bonds is 8. The summed E-state index contributed by atoms with van der Waals surface area (Å²) in [6.45, 7) is 6.62. The van der Waals surface area contributed by atoms with E-state index in [1.54, 1.807) is 14.2 Å². The summed E-state index contributed by atoms with van der Waals surface area (Å²) in [5.41, 5.74) is 0.938. The predicted octanol–water partition coefficient (Wildman–Crippen LogP) is 3.61. The van der Waals surface area contributed by atoms with Gasteiger partial charge in [-0.2, -0.15) is 0 Å². The lowest BCUT2D eigenvalue weighted by molar-refractivity contribution is 0.0607. The molecular weight excluding hydrogens is 228 g/mol. The van der Waals surface area contributed by atoms with Gasteiger partial charge in [0.1, 0.15) is 11.5 Å². The number of hydrogen-bond donors (Lipinski definition) is 0. The van der Waals surface area contributed by atoms with Crippen LogP contribution in [0.3, 0.4) is 0 Å². The smallest absolute Gasteiger partial charge is 0.128 e. The Labute approximate surface area is 110 Å². The van der Waals surface area contributed by atoms with Crippen molar-refractivity contribution in [2.75, 3.05) is 14.2 Å². The minimum Gasteiger partial charge on any atom is -0.496 e. The van der Waals surface area contributed by atoms with E-state index in [0.29, 0.717) is 6.61 Å². The van der Waals surface area contributed by atoms with Crippen molar-refractivity contribution in [3.05, 3.63) is 30.7 Å². The highest BCUT2D eigenvalue weighted by atomic mass is 16.5. The molecule has 0 fully saturated rings. The molecule has 0 aliphatic heterocycles. The van der Waals surface area contributed by atoms with Gasteiger partial charge in [0.2, 0.25) is 0 Å². The monoisotopic (exact) mass is 251 g/mol. The first-order chi connectivity index (χ1) is 8.72. The normalized spacial score (nSPS) is 12.2. The summed E-state index contributed by atoms with van der Waals surface area (Å²) >= 11 is 0. The molecule has 0 aliphatic carbocycles. The molecule has 1 rings (SSSR count). The second-order valence-corrected chi connectivity index (χ2v) is 4.22. The van der Waals surface area contributed by atoms with Gasteiger partial charge in [-0.15, -0.1) is 0 Å². The molecule has 1 radical (unpaired) electrons. The van der Waals surface area contributed by atoms with Gasteiger partial charge in [0.05, 0.1) is 32.5 Å². The summed E-state index contributed by atoms with van der Waals surface area (Å²) in [5.74, 6) is 1.58. The number of hydrogen-bond acceptors (Lipinski definition) is 3. The standard InChI is InChI=1S/C15H23O3/c1-5-6-8-12(2)18-11-13-14(16-3)9-7-10-15(13)17-4/h7,9-10,12H,2,5-6,8,11H2,1,3-4H3. The molecule has 1 atom stereocenters. The van der Waals surface area contributed by atoms with E-state index in [2.05, 4.69) is 13.8 Å². The molecular formula is C15H23O3. The second-order valence-electron chi connectivity index (χ2n) is 4.22. The van der Waals surface area contributed by atoms with E-state index in [-0.39, 0.29) is 6.10 Å². The van der Waals surface area contributed by atoms with Crippen LogP contribution in [-0.2, 0) is 11.3 Å². The molecule has 18 heavy (non-hydrogen) atoms. The molecule has 1 aromatic carbocycles. The van der Waals surface area contributed by atoms with E-state index in [0.717, 1.165) is 36.3 Å². The zero-order chi connectivity index (χ0) is 13.4. The summed E-state index contributed by atoms with van der Waals surface area (Å²) < 4.78 is 16.4. The largest absolute Gasteiger partial charge is 0.496 e. The van der Waals surface area contributed by atoms with Crippen LogP contribution in [0, 0.1) is 6.92 Å². The molecule has 0 aliphatic rings. The number of methoxy groups -OCH3 is 2. The molecule has 1 aromatic rings. The minimum atomic E-state index is 0.0135. The topological polar surface area (TPSA) is 27.7 Å². The van der Waals surface area contributed by atoms with Gasteiger partial charge in [0.25, 0.3) is 0 Å². The Kier molecular flexibility index (Phi) is 6.58. The Bertz CT molecular complexity index is 327. The first-order valence-electron chi connectivity index (χ1n) is 6.37. The molecule has 0 amide bonds. The van der Waals surface area contributed by atoms with Crippen LogP contribution in [-0.4, -0.2) is 20.3 Å². The molecule has 3 nitrogen and oxygen atoms in total. The van der Waals surface area contributed by atoms with Crippen LogP contribution in [0.25, 0.3) is 0 Å². The van der Waals surface area contributed by atoms with E-state index >= 15 is 0 Å². The highest BCUT2D eigenvalue weighted by molar-refractivity contribution is 5.44. The summed E-state index contributed by atoms with van der Waals surface area (Å²) in [7, 11) is 3.30. The van der Waals surface area contributed by atoms with Gasteiger partial charge in [-0.05, 0) is 25.5 Å². The molecule has 0 N–H and O–H groups in total. The van der Waals surface area contributed by atoms with Crippen molar-refractivity contribution in [2.45, 2.75) is 38.9 Å². The Hall–Kier alpha value is -1.22. The maximum atomic E-state index is 5.74. The van der Waals surface area contributed by atoms with Gasteiger partial charge in [-0.3, -0.25) is 0 Å². The van der Waals surface area contributed by atoms with Crippen molar-refractivity contribution in [1.29, 1.82) is 0 Å². The summed E-state index contributed by atoms with van der Waals surface area (Å²) in [6.07, 6.45) is 3.29. The average Bonchev–Trinajstić information content (AvgIpc) is 2.42. The minimum absolute atomic E-state index is 0.0135. The summed E-state index contributed by atoms with van der Waals surface area (Å²) in [4.78, 5) is 0. The highest BCUT2D eigenvalue weighted by Gasteiger charge is 2.11. The second kappa shape index (κ2) is 7.98. The van der Waals surface area contributed by atoms with Crippen molar-refractivity contribution in [3.8, 4) is 11.5 Å². The molecule has 1 unspecified atom stereocenters. The van der Waals surface area contributed by atoms with Crippen LogP contribution >= 0.6 is 0 Å². The third-order valence-corrected chi connectivity index (χ3v) is 2.87. The Morgan fingerprint density at radius 3 is 2.28 bits per heavy atom. The summed E-state index contributed by atoms with van der Waals surface area (Å²) in [5, 5.41) is 0. The average molecular weight is 251 g/mol. The van der Waals surface area contributed by atoms with Gasteiger partial charge >= 0.3 is 0 Å². The number of ether oxygens (including phenoxy) is 3. The molecule has 101 valence electrons. The number of unbranched alkanes of at least 4 members (excludes halogenated alkanes) is 1. The SMILES string of the molecule is [CH2]C(CCCC)OCc1c(OC)cccc1OC. The first kappa shape index (κ1) is 14.8. The highest BCUT2D eigenvalue weighted by Crippen LogP contribution is 2.29.